The summed E-state index contributed by atoms with van der Waals surface area (Å²) >= 11 is 0. The van der Waals surface area contributed by atoms with Crippen LogP contribution in [0.1, 0.15) is 43.9 Å². The molecule has 1 aromatic carbocycles. The molecule has 1 N–H and O–H groups in total. The second kappa shape index (κ2) is 5.74. The quantitative estimate of drug-likeness (QED) is 0.913. The van der Waals surface area contributed by atoms with Crippen LogP contribution in [0.15, 0.2) is 18.2 Å². The van der Waals surface area contributed by atoms with E-state index in [9.17, 15) is 0 Å². The lowest BCUT2D eigenvalue weighted by Gasteiger charge is -2.23. The molecule has 2 aliphatic heterocycles. The first kappa shape index (κ1) is 13.9. The Kier molecular flexibility index (Phi) is 3.99. The lowest BCUT2D eigenvalue weighted by atomic mass is 10.0. The number of anilines is 1. The Bertz CT molecular complexity index is 474. The van der Waals surface area contributed by atoms with E-state index in [0.29, 0.717) is 18.2 Å². The fourth-order valence-electron chi connectivity index (χ4n) is 3.38. The molecule has 3 unspecified atom stereocenters. The van der Waals surface area contributed by atoms with Gasteiger partial charge in [0.2, 0.25) is 0 Å². The highest BCUT2D eigenvalue weighted by Gasteiger charge is 2.27. The highest BCUT2D eigenvalue weighted by molar-refractivity contribution is 5.59. The maximum absolute atomic E-state index is 5.97. The topological polar surface area (TPSA) is 24.5 Å². The molecule has 3 rings (SSSR count). The molecule has 20 heavy (non-hydrogen) atoms. The van der Waals surface area contributed by atoms with E-state index in [1.165, 1.54) is 36.1 Å². The smallest absolute Gasteiger partial charge is 0.0754 e. The van der Waals surface area contributed by atoms with Crippen molar-refractivity contribution in [2.75, 3.05) is 25.0 Å². The Hall–Kier alpha value is -1.06. The van der Waals surface area contributed by atoms with Gasteiger partial charge in [-0.3, -0.25) is 0 Å². The summed E-state index contributed by atoms with van der Waals surface area (Å²) in [5.41, 5.74) is 4.30. The Morgan fingerprint density at radius 1 is 1.40 bits per heavy atom. The third-order valence-electron chi connectivity index (χ3n) is 4.77. The van der Waals surface area contributed by atoms with Crippen LogP contribution in [0.2, 0.25) is 0 Å². The van der Waals surface area contributed by atoms with E-state index < -0.39 is 0 Å². The predicted molar refractivity (Wildman–Crippen MR) is 83.4 cm³/mol. The largest absolute Gasteiger partial charge is 0.373 e. The van der Waals surface area contributed by atoms with E-state index in [0.717, 1.165) is 13.1 Å². The van der Waals surface area contributed by atoms with Crippen molar-refractivity contribution < 1.29 is 4.74 Å². The second-order valence-electron chi connectivity index (χ2n) is 6.24. The van der Waals surface area contributed by atoms with Crippen LogP contribution in [0.5, 0.6) is 0 Å². The highest BCUT2D eigenvalue weighted by atomic mass is 16.5. The maximum atomic E-state index is 5.97. The molecule has 2 heterocycles. The first-order valence-corrected chi connectivity index (χ1v) is 7.88. The van der Waals surface area contributed by atoms with Gasteiger partial charge in [0.05, 0.1) is 12.2 Å². The van der Waals surface area contributed by atoms with Gasteiger partial charge >= 0.3 is 0 Å². The van der Waals surface area contributed by atoms with Crippen LogP contribution in [0.3, 0.4) is 0 Å². The second-order valence-corrected chi connectivity index (χ2v) is 6.24. The van der Waals surface area contributed by atoms with E-state index >= 15 is 0 Å². The van der Waals surface area contributed by atoms with Gasteiger partial charge in [0, 0.05) is 24.8 Å². The number of nitrogens with zero attached hydrogens (tertiary/aromatic N) is 1. The number of nitrogens with one attached hydrogen (secondary N) is 1. The maximum Gasteiger partial charge on any atom is 0.0754 e. The van der Waals surface area contributed by atoms with Gasteiger partial charge in [0.15, 0.2) is 0 Å². The Morgan fingerprint density at radius 2 is 2.25 bits per heavy atom. The summed E-state index contributed by atoms with van der Waals surface area (Å²) in [5.74, 6) is 0. The minimum Gasteiger partial charge on any atom is -0.373 e. The van der Waals surface area contributed by atoms with Crippen LogP contribution >= 0.6 is 0 Å². The van der Waals surface area contributed by atoms with Crippen LogP contribution in [-0.2, 0) is 11.2 Å². The van der Waals surface area contributed by atoms with Crippen LogP contribution in [0.25, 0.3) is 0 Å². The fourth-order valence-corrected chi connectivity index (χ4v) is 3.38. The van der Waals surface area contributed by atoms with E-state index in [2.05, 4.69) is 42.3 Å². The van der Waals surface area contributed by atoms with Crippen LogP contribution in [-0.4, -0.2) is 32.3 Å². The minimum atomic E-state index is 0.423. The number of ether oxygens (including phenoxy) is 1. The van der Waals surface area contributed by atoms with Crippen molar-refractivity contribution in [3.8, 4) is 0 Å². The van der Waals surface area contributed by atoms with Crippen molar-refractivity contribution in [2.24, 2.45) is 0 Å². The molecule has 2 aliphatic rings. The van der Waals surface area contributed by atoms with Gasteiger partial charge in [-0.1, -0.05) is 12.1 Å². The molecule has 110 valence electrons. The Labute approximate surface area is 122 Å². The summed E-state index contributed by atoms with van der Waals surface area (Å²) < 4.78 is 5.97. The van der Waals surface area contributed by atoms with E-state index in [-0.39, 0.29) is 0 Å². The summed E-state index contributed by atoms with van der Waals surface area (Å²) in [6.07, 6.45) is 4.46. The van der Waals surface area contributed by atoms with E-state index in [1.54, 1.807) is 0 Å². The van der Waals surface area contributed by atoms with Crippen molar-refractivity contribution in [1.29, 1.82) is 0 Å². The standard InChI is InChI=1S/C17H26N2O/c1-12-4-6-16(20-12)11-19-9-8-15-10-14(13(2)18-3)5-7-17(15)19/h5,7,10,12-13,16,18H,4,6,8-9,11H2,1-3H3. The van der Waals surface area contributed by atoms with Gasteiger partial charge in [-0.2, -0.15) is 0 Å². The summed E-state index contributed by atoms with van der Waals surface area (Å²) in [6.45, 7) is 6.59. The summed E-state index contributed by atoms with van der Waals surface area (Å²) in [6, 6.07) is 7.35. The van der Waals surface area contributed by atoms with Crippen LogP contribution in [0, 0.1) is 0 Å². The average Bonchev–Trinajstić information content (AvgIpc) is 3.05. The van der Waals surface area contributed by atoms with Gasteiger partial charge in [-0.05, 0) is 57.4 Å². The van der Waals surface area contributed by atoms with E-state index in [1.807, 2.05) is 7.05 Å². The zero-order valence-electron chi connectivity index (χ0n) is 12.9. The molecular formula is C17H26N2O. The number of fused-ring (bicyclic) bond motifs is 1. The molecule has 0 radical (unpaired) electrons. The molecule has 1 saturated heterocycles. The molecule has 1 aromatic rings. The molecule has 1 fully saturated rings. The Morgan fingerprint density at radius 3 is 2.95 bits per heavy atom. The van der Waals surface area contributed by atoms with Crippen LogP contribution in [0.4, 0.5) is 5.69 Å². The van der Waals surface area contributed by atoms with Crippen LogP contribution < -0.4 is 10.2 Å². The van der Waals surface area contributed by atoms with Gasteiger partial charge in [0.25, 0.3) is 0 Å². The third-order valence-corrected chi connectivity index (χ3v) is 4.77. The van der Waals surface area contributed by atoms with Gasteiger partial charge in [-0.15, -0.1) is 0 Å². The first-order chi connectivity index (χ1) is 9.67. The zero-order chi connectivity index (χ0) is 14.1. The molecule has 0 aliphatic carbocycles. The molecule has 0 spiro atoms. The SMILES string of the molecule is CNC(C)c1ccc2c(c1)CCN2CC1CCC(C)O1. The summed E-state index contributed by atoms with van der Waals surface area (Å²) in [5, 5.41) is 3.31. The summed E-state index contributed by atoms with van der Waals surface area (Å²) in [4.78, 5) is 2.51. The van der Waals surface area contributed by atoms with Crippen molar-refractivity contribution in [1.82, 2.24) is 5.32 Å². The number of benzene rings is 1. The lowest BCUT2D eigenvalue weighted by Crippen LogP contribution is -2.31. The summed E-state index contributed by atoms with van der Waals surface area (Å²) in [7, 11) is 2.02. The zero-order valence-corrected chi connectivity index (χ0v) is 12.9. The molecule has 3 nitrogen and oxygen atoms in total. The number of hydrogen-bond acceptors (Lipinski definition) is 3. The molecule has 0 saturated carbocycles. The lowest BCUT2D eigenvalue weighted by molar-refractivity contribution is 0.0602. The van der Waals surface area contributed by atoms with Crippen molar-refractivity contribution in [3.05, 3.63) is 29.3 Å². The average molecular weight is 274 g/mol. The molecular weight excluding hydrogens is 248 g/mol. The first-order valence-electron chi connectivity index (χ1n) is 7.88. The van der Waals surface area contributed by atoms with Gasteiger partial charge < -0.3 is 15.0 Å². The normalized spacial score (nSPS) is 26.9. The highest BCUT2D eigenvalue weighted by Crippen LogP contribution is 2.32. The Balaban J connectivity index is 1.70. The van der Waals surface area contributed by atoms with Gasteiger partial charge in [-0.25, -0.2) is 0 Å². The molecule has 0 bridgehead atoms. The number of hydrogen-bond donors (Lipinski definition) is 1. The van der Waals surface area contributed by atoms with E-state index in [4.69, 9.17) is 4.74 Å². The van der Waals surface area contributed by atoms with Crippen molar-refractivity contribution in [3.63, 3.8) is 0 Å². The molecule has 3 atom stereocenters. The fraction of sp³-hybridized carbons (Fsp3) is 0.647. The number of rotatable bonds is 4. The monoisotopic (exact) mass is 274 g/mol. The predicted octanol–water partition coefficient (Wildman–Crippen LogP) is 2.90. The van der Waals surface area contributed by atoms with Crippen molar-refractivity contribution >= 4 is 5.69 Å². The van der Waals surface area contributed by atoms with Gasteiger partial charge in [0.1, 0.15) is 0 Å². The molecule has 3 heteroatoms. The minimum absolute atomic E-state index is 0.423. The molecule has 0 aromatic heterocycles. The van der Waals surface area contributed by atoms with Crippen molar-refractivity contribution in [2.45, 2.75) is 51.4 Å². The molecule has 0 amide bonds. The third kappa shape index (κ3) is 2.70.